The summed E-state index contributed by atoms with van der Waals surface area (Å²) in [5.41, 5.74) is 7.51. The van der Waals surface area contributed by atoms with Crippen LogP contribution in [0.3, 0.4) is 0 Å². The van der Waals surface area contributed by atoms with Gasteiger partial charge < -0.3 is 24.9 Å². The predicted molar refractivity (Wildman–Crippen MR) is 173 cm³/mol. The maximum atomic E-state index is 13.2. The van der Waals surface area contributed by atoms with Crippen molar-refractivity contribution in [2.75, 3.05) is 26.2 Å². The maximum Gasteiger partial charge on any atom is 0.251 e. The van der Waals surface area contributed by atoms with Crippen LogP contribution in [-0.4, -0.2) is 59.0 Å². The van der Waals surface area contributed by atoms with Gasteiger partial charge in [0, 0.05) is 48.3 Å². The summed E-state index contributed by atoms with van der Waals surface area (Å²) in [6, 6.07) is 16.5. The number of aliphatic hydroxyl groups is 1. The Bertz CT molecular complexity index is 1700. The molecule has 0 aliphatic carbocycles. The second-order valence-corrected chi connectivity index (χ2v) is 12.7. The van der Waals surface area contributed by atoms with Gasteiger partial charge in [-0.3, -0.25) is 14.5 Å². The topological polar surface area (TPSA) is 117 Å². The summed E-state index contributed by atoms with van der Waals surface area (Å²) in [5.74, 6) is 1.33. The maximum absolute atomic E-state index is 13.2. The number of hydrogen-bond donors (Lipinski definition) is 3. The van der Waals surface area contributed by atoms with Gasteiger partial charge in [0.25, 0.3) is 5.91 Å². The van der Waals surface area contributed by atoms with Gasteiger partial charge >= 0.3 is 0 Å². The molecule has 3 N–H and O–H groups in total. The molecule has 2 aliphatic heterocycles. The van der Waals surface area contributed by atoms with Gasteiger partial charge in [0.15, 0.2) is 17.9 Å². The lowest BCUT2D eigenvalue weighted by molar-refractivity contribution is 0.0841. The summed E-state index contributed by atoms with van der Waals surface area (Å²) in [6.07, 6.45) is 2.31. The van der Waals surface area contributed by atoms with Crippen molar-refractivity contribution < 1.29 is 23.8 Å². The van der Waals surface area contributed by atoms with Crippen molar-refractivity contribution in [2.24, 2.45) is 0 Å². The molecule has 0 radical (unpaired) electrons. The first-order chi connectivity index (χ1) is 21.8. The lowest BCUT2D eigenvalue weighted by Gasteiger charge is -2.31. The standard InChI is InChI=1S/C35H37BrN4O5/c1-21-29-12-14-40(17-26(29)6-10-31(21)44-19-32-22(2)39-20-45-32)18-28(41)16-38-35(43)25-5-9-30-24(15-25)11-13-37-33(30)34(42)23-3-7-27(36)8-4-23/h3-10,15,20,28,33,37,41H,11-14,16-19H2,1-2H3,(H,38,43)/t28-,33?/m0/s1. The number of ether oxygens (including phenoxy) is 1. The van der Waals surface area contributed by atoms with E-state index in [0.717, 1.165) is 64.3 Å². The lowest BCUT2D eigenvalue weighted by atomic mass is 9.88. The van der Waals surface area contributed by atoms with Crippen molar-refractivity contribution in [1.29, 1.82) is 0 Å². The highest BCUT2D eigenvalue weighted by molar-refractivity contribution is 9.10. The van der Waals surface area contributed by atoms with Gasteiger partial charge in [-0.05, 0) is 84.8 Å². The zero-order valence-electron chi connectivity index (χ0n) is 25.4. The van der Waals surface area contributed by atoms with Gasteiger partial charge in [-0.25, -0.2) is 4.98 Å². The Morgan fingerprint density at radius 3 is 2.69 bits per heavy atom. The number of nitrogens with one attached hydrogen (secondary N) is 2. The third-order valence-corrected chi connectivity index (χ3v) is 9.27. The van der Waals surface area contributed by atoms with E-state index in [-0.39, 0.29) is 18.2 Å². The molecule has 6 rings (SSSR count). The summed E-state index contributed by atoms with van der Waals surface area (Å²) in [4.78, 5) is 32.6. The molecule has 2 aliphatic rings. The molecule has 3 aromatic carbocycles. The molecule has 0 saturated heterocycles. The Morgan fingerprint density at radius 2 is 1.91 bits per heavy atom. The molecule has 2 atom stereocenters. The summed E-state index contributed by atoms with van der Waals surface area (Å²) >= 11 is 3.41. The Kier molecular flexibility index (Phi) is 9.46. The Balaban J connectivity index is 1.01. The van der Waals surface area contributed by atoms with E-state index in [1.807, 2.05) is 49.4 Å². The molecule has 234 valence electrons. The van der Waals surface area contributed by atoms with E-state index in [1.54, 1.807) is 6.07 Å². The number of oxazole rings is 1. The van der Waals surface area contributed by atoms with E-state index in [2.05, 4.69) is 49.4 Å². The van der Waals surface area contributed by atoms with Crippen LogP contribution in [0.5, 0.6) is 5.75 Å². The Hall–Kier alpha value is -3.83. The number of nitrogens with zero attached hydrogens (tertiary/aromatic N) is 2. The number of carbonyl (C=O) groups is 2. The molecule has 0 saturated carbocycles. The van der Waals surface area contributed by atoms with E-state index in [0.29, 0.717) is 30.8 Å². The van der Waals surface area contributed by atoms with Gasteiger partial charge in [0.2, 0.25) is 0 Å². The van der Waals surface area contributed by atoms with Crippen molar-refractivity contribution in [3.05, 3.63) is 116 Å². The zero-order valence-corrected chi connectivity index (χ0v) is 27.0. The molecular weight excluding hydrogens is 636 g/mol. The van der Waals surface area contributed by atoms with Gasteiger partial charge in [0.05, 0.1) is 17.8 Å². The van der Waals surface area contributed by atoms with Crippen LogP contribution in [0, 0.1) is 13.8 Å². The zero-order chi connectivity index (χ0) is 31.5. The normalized spacial score (nSPS) is 16.8. The van der Waals surface area contributed by atoms with E-state index < -0.39 is 12.1 Å². The molecule has 3 heterocycles. The van der Waals surface area contributed by atoms with Crippen LogP contribution in [-0.2, 0) is 26.0 Å². The first kappa shape index (κ1) is 31.2. The van der Waals surface area contributed by atoms with Crippen LogP contribution in [0.25, 0.3) is 0 Å². The fraction of sp³-hybridized carbons (Fsp3) is 0.343. The van der Waals surface area contributed by atoms with Crippen LogP contribution >= 0.6 is 15.9 Å². The summed E-state index contributed by atoms with van der Waals surface area (Å²) in [6.45, 7) is 7.11. The van der Waals surface area contributed by atoms with Crippen LogP contribution in [0.1, 0.15) is 66.0 Å². The quantitative estimate of drug-likeness (QED) is 0.205. The Labute approximate surface area is 271 Å². The smallest absolute Gasteiger partial charge is 0.251 e. The Morgan fingerprint density at radius 1 is 1.11 bits per heavy atom. The first-order valence-corrected chi connectivity index (χ1v) is 16.0. The van der Waals surface area contributed by atoms with Crippen LogP contribution in [0.2, 0.25) is 0 Å². The van der Waals surface area contributed by atoms with Gasteiger partial charge in [-0.1, -0.05) is 40.2 Å². The number of aromatic nitrogens is 1. The molecule has 0 fully saturated rings. The number of β-amino-alcohol motifs (C(OH)–C–C–N with tert-alkyl or cyclic N) is 1. The second-order valence-electron chi connectivity index (χ2n) is 11.7. The molecule has 4 aromatic rings. The highest BCUT2D eigenvalue weighted by atomic mass is 79.9. The largest absolute Gasteiger partial charge is 0.485 e. The molecular formula is C35H37BrN4O5. The molecule has 1 unspecified atom stereocenters. The molecule has 45 heavy (non-hydrogen) atoms. The number of hydrogen-bond acceptors (Lipinski definition) is 8. The first-order valence-electron chi connectivity index (χ1n) is 15.2. The van der Waals surface area contributed by atoms with Crippen molar-refractivity contribution in [2.45, 2.75) is 52.0 Å². The number of fused-ring (bicyclic) bond motifs is 2. The number of rotatable bonds is 10. The second kappa shape index (κ2) is 13.7. The number of Topliss-reactive ketones (excluding diaryl/α,β-unsaturated/α-hetero) is 1. The number of carbonyl (C=O) groups excluding carboxylic acids is 2. The van der Waals surface area contributed by atoms with Crippen molar-refractivity contribution >= 4 is 27.6 Å². The lowest BCUT2D eigenvalue weighted by Crippen LogP contribution is -2.42. The molecule has 1 aromatic heterocycles. The number of halogens is 1. The van der Waals surface area contributed by atoms with Gasteiger partial charge in [-0.2, -0.15) is 0 Å². The minimum Gasteiger partial charge on any atom is -0.485 e. The molecule has 0 spiro atoms. The number of benzene rings is 3. The minimum atomic E-state index is -0.709. The minimum absolute atomic E-state index is 0.00551. The number of amides is 1. The fourth-order valence-corrected chi connectivity index (χ4v) is 6.46. The van der Waals surface area contributed by atoms with Crippen LogP contribution < -0.4 is 15.4 Å². The molecule has 0 bridgehead atoms. The number of aryl methyl sites for hydroxylation is 1. The average molecular weight is 674 g/mol. The van der Waals surface area contributed by atoms with Crippen LogP contribution in [0.4, 0.5) is 0 Å². The monoisotopic (exact) mass is 672 g/mol. The number of aliphatic hydroxyl groups excluding tert-OH is 1. The average Bonchev–Trinajstić information content (AvgIpc) is 3.47. The van der Waals surface area contributed by atoms with Crippen molar-refractivity contribution in [3.8, 4) is 5.75 Å². The SMILES string of the molecule is Cc1ncoc1COc1ccc2c(c1C)CCN(C[C@@H](O)CNC(=O)c1ccc3c(c1)CCNC3C(=O)c1ccc(Br)cc1)C2. The van der Waals surface area contributed by atoms with Crippen molar-refractivity contribution in [1.82, 2.24) is 20.5 Å². The summed E-state index contributed by atoms with van der Waals surface area (Å²) < 4.78 is 12.3. The molecule has 10 heteroatoms. The van der Waals surface area contributed by atoms with E-state index in [1.165, 1.54) is 17.5 Å². The van der Waals surface area contributed by atoms with Gasteiger partial charge in [-0.15, -0.1) is 0 Å². The molecule has 9 nitrogen and oxygen atoms in total. The van der Waals surface area contributed by atoms with Crippen molar-refractivity contribution in [3.63, 3.8) is 0 Å². The number of ketones is 1. The predicted octanol–water partition coefficient (Wildman–Crippen LogP) is 4.85. The van der Waals surface area contributed by atoms with Crippen LogP contribution in [0.15, 0.2) is 69.9 Å². The third-order valence-electron chi connectivity index (χ3n) is 8.74. The fourth-order valence-electron chi connectivity index (χ4n) is 6.19. The van der Waals surface area contributed by atoms with Gasteiger partial charge in [0.1, 0.15) is 12.4 Å². The third kappa shape index (κ3) is 7.04. The molecule has 1 amide bonds. The summed E-state index contributed by atoms with van der Waals surface area (Å²) in [7, 11) is 0. The summed E-state index contributed by atoms with van der Waals surface area (Å²) in [5, 5.41) is 17.0. The van der Waals surface area contributed by atoms with E-state index in [4.69, 9.17) is 9.15 Å². The van der Waals surface area contributed by atoms with E-state index in [9.17, 15) is 14.7 Å². The van der Waals surface area contributed by atoms with E-state index >= 15 is 0 Å². The highest BCUT2D eigenvalue weighted by Gasteiger charge is 2.28. The highest BCUT2D eigenvalue weighted by Crippen LogP contribution is 2.30.